The molecule has 2 aromatic carbocycles. The third-order valence-electron chi connectivity index (χ3n) is 13.5. The highest BCUT2D eigenvalue weighted by Crippen LogP contribution is 2.68. The molecule has 2 saturated carbocycles. The predicted molar refractivity (Wildman–Crippen MR) is 240 cm³/mol. The van der Waals surface area contributed by atoms with Crippen molar-refractivity contribution in [2.24, 2.45) is 17.8 Å². The van der Waals surface area contributed by atoms with E-state index in [1.165, 1.54) is 26.0 Å². The first kappa shape index (κ1) is 53.5. The second-order valence-corrected chi connectivity index (χ2v) is 24.1. The minimum Gasteiger partial charge on any atom is -0.481 e. The molecule has 394 valence electrons. The monoisotopic (exact) mass is 1100 g/mol. The van der Waals surface area contributed by atoms with Gasteiger partial charge in [-0.1, -0.05) is 23.7 Å². The number of sulfone groups is 1. The SMILES string of the molecule is CC(C)(CCc1ccc(-c2ccc(Cl)c3c(N(C(=O)C4CC(C(=O)O)C4)S(C)(=O)=O)nn(CC(F)(F)F)c23)c([C@H](Cc2cc(F)cc(F)c2)NC(=O)Cn2nc(C(F)(F)F)c3c2C(F)(F)C2C[C@H]32)n1)S(C)(=O)=O. The Bertz CT molecular complexity index is 3320. The summed E-state index contributed by atoms with van der Waals surface area (Å²) < 4.78 is 199. The molecule has 0 radical (unpaired) electrons. The van der Waals surface area contributed by atoms with E-state index in [4.69, 9.17) is 16.6 Å². The van der Waals surface area contributed by atoms with E-state index in [1.54, 1.807) is 0 Å². The van der Waals surface area contributed by atoms with Crippen LogP contribution in [0.25, 0.3) is 22.0 Å². The molecule has 2 N–H and O–H groups in total. The maximum absolute atomic E-state index is 15.6. The highest BCUT2D eigenvalue weighted by molar-refractivity contribution is 7.93. The number of aryl methyl sites for hydroxylation is 1. The summed E-state index contributed by atoms with van der Waals surface area (Å²) >= 11 is 6.66. The number of aromatic nitrogens is 5. The normalized spacial score (nSPS) is 20.0. The number of nitrogens with one attached hydrogen (secondary N) is 1. The zero-order chi connectivity index (χ0) is 53.9. The molecule has 3 atom stereocenters. The number of pyridine rings is 1. The molecule has 0 spiro atoms. The van der Waals surface area contributed by atoms with Crippen molar-refractivity contribution in [3.05, 3.63) is 93.0 Å². The van der Waals surface area contributed by atoms with Gasteiger partial charge in [0.25, 0.3) is 5.92 Å². The number of anilines is 1. The molecule has 0 bridgehead atoms. The van der Waals surface area contributed by atoms with Crippen molar-refractivity contribution < 1.29 is 80.2 Å². The summed E-state index contributed by atoms with van der Waals surface area (Å²) in [4.78, 5) is 44.4. The van der Waals surface area contributed by atoms with Crippen LogP contribution in [0, 0.1) is 29.4 Å². The van der Waals surface area contributed by atoms with Gasteiger partial charge in [-0.05, 0) is 88.1 Å². The van der Waals surface area contributed by atoms with Gasteiger partial charge >= 0.3 is 18.3 Å². The third kappa shape index (κ3) is 10.4. The molecule has 0 aliphatic heterocycles. The molecule has 2 amide bonds. The lowest BCUT2D eigenvalue weighted by molar-refractivity contribution is -0.148. The van der Waals surface area contributed by atoms with Crippen LogP contribution in [0.3, 0.4) is 0 Å². The number of benzene rings is 2. The molecular formula is C45H42ClF10N7O8S2. The molecule has 3 aliphatic rings. The molecule has 3 heterocycles. The second-order valence-electron chi connectivity index (χ2n) is 19.2. The van der Waals surface area contributed by atoms with Gasteiger partial charge in [0.15, 0.2) is 21.3 Å². The first-order valence-corrected chi connectivity index (χ1v) is 26.2. The Morgan fingerprint density at radius 1 is 0.904 bits per heavy atom. The highest BCUT2D eigenvalue weighted by atomic mass is 35.5. The largest absolute Gasteiger partial charge is 0.481 e. The summed E-state index contributed by atoms with van der Waals surface area (Å²) in [6, 6.07) is 5.17. The summed E-state index contributed by atoms with van der Waals surface area (Å²) in [5.41, 5.74) is -5.30. The second kappa shape index (κ2) is 18.2. The summed E-state index contributed by atoms with van der Waals surface area (Å²) in [5, 5.41) is 18.2. The Balaban J connectivity index is 1.33. The number of rotatable bonds is 16. The Morgan fingerprint density at radius 2 is 1.53 bits per heavy atom. The lowest BCUT2D eigenvalue weighted by Gasteiger charge is -2.33. The first-order chi connectivity index (χ1) is 33.6. The first-order valence-electron chi connectivity index (χ1n) is 22.1. The average Bonchev–Trinajstić information content (AvgIpc) is 3.73. The smallest absolute Gasteiger partial charge is 0.435 e. The highest BCUT2D eigenvalue weighted by Gasteiger charge is 2.68. The van der Waals surface area contributed by atoms with Gasteiger partial charge in [0.1, 0.15) is 30.4 Å². The number of nitrogens with zero attached hydrogens (tertiary/aromatic N) is 6. The van der Waals surface area contributed by atoms with E-state index in [2.05, 4.69) is 15.5 Å². The fourth-order valence-corrected chi connectivity index (χ4v) is 11.1. The van der Waals surface area contributed by atoms with Crippen LogP contribution in [0.15, 0.2) is 42.5 Å². The summed E-state index contributed by atoms with van der Waals surface area (Å²) in [6.45, 7) is -0.453. The van der Waals surface area contributed by atoms with Crippen molar-refractivity contribution in [2.45, 2.75) is 100 Å². The molecule has 8 rings (SSSR count). The van der Waals surface area contributed by atoms with E-state index in [9.17, 15) is 71.4 Å². The number of sulfonamides is 1. The quantitative estimate of drug-likeness (QED) is 0.0901. The van der Waals surface area contributed by atoms with Gasteiger partial charge in [0, 0.05) is 46.5 Å². The van der Waals surface area contributed by atoms with Gasteiger partial charge in [-0.3, -0.25) is 28.7 Å². The van der Waals surface area contributed by atoms with Gasteiger partial charge in [-0.25, -0.2) is 25.6 Å². The van der Waals surface area contributed by atoms with Crippen LogP contribution in [0.2, 0.25) is 5.02 Å². The van der Waals surface area contributed by atoms with Crippen molar-refractivity contribution in [3.8, 4) is 11.1 Å². The lowest BCUT2D eigenvalue weighted by Crippen LogP contribution is -2.46. The van der Waals surface area contributed by atoms with Crippen molar-refractivity contribution in [1.82, 2.24) is 29.9 Å². The molecule has 3 aliphatic carbocycles. The summed E-state index contributed by atoms with van der Waals surface area (Å²) in [6.07, 6.45) is -10.7. The van der Waals surface area contributed by atoms with Crippen LogP contribution in [0.5, 0.6) is 0 Å². The van der Waals surface area contributed by atoms with Crippen LogP contribution < -0.4 is 9.62 Å². The van der Waals surface area contributed by atoms with Gasteiger partial charge in [0.05, 0.1) is 44.6 Å². The number of carboxylic acids is 1. The molecular weight excluding hydrogens is 1060 g/mol. The lowest BCUT2D eigenvalue weighted by atomic mass is 9.74. The summed E-state index contributed by atoms with van der Waals surface area (Å²) in [7, 11) is -8.55. The summed E-state index contributed by atoms with van der Waals surface area (Å²) in [5.74, 6) is -15.8. The van der Waals surface area contributed by atoms with E-state index in [0.29, 0.717) is 12.3 Å². The molecule has 15 nitrogen and oxygen atoms in total. The fourth-order valence-electron chi connectivity index (χ4n) is 9.43. The van der Waals surface area contributed by atoms with Crippen molar-refractivity contribution in [1.29, 1.82) is 0 Å². The molecule has 5 aromatic rings. The zero-order valence-electron chi connectivity index (χ0n) is 38.5. The zero-order valence-corrected chi connectivity index (χ0v) is 40.9. The number of aliphatic carboxylic acids is 1. The van der Waals surface area contributed by atoms with E-state index in [-0.39, 0.29) is 73.9 Å². The van der Waals surface area contributed by atoms with Gasteiger partial charge in [0.2, 0.25) is 21.8 Å². The third-order valence-corrected chi connectivity index (χ3v) is 17.0. The maximum Gasteiger partial charge on any atom is 0.435 e. The number of carbonyl (C=O) groups is 3. The van der Waals surface area contributed by atoms with E-state index >= 15 is 8.78 Å². The minimum atomic E-state index is -5.22. The van der Waals surface area contributed by atoms with Gasteiger partial charge in [-0.2, -0.15) is 49.6 Å². The Hall–Kier alpha value is -5.83. The number of alkyl halides is 8. The van der Waals surface area contributed by atoms with Gasteiger partial charge < -0.3 is 10.4 Å². The molecule has 3 aromatic heterocycles. The Kier molecular flexibility index (Phi) is 13.3. The number of hydrogen-bond donors (Lipinski definition) is 2. The number of carboxylic acid groups (broad SMARTS) is 1. The number of carbonyl (C=O) groups excluding carboxylic acids is 2. The standard InChI is InChI=1S/C45H42ClF10N7O8S2/c1-42(2,72(3,68)69)10-9-25-5-6-26(27-7-8-30(46)34-36(27)62(19-43(49,50)51)60-39(34)63(73(4,70)71)40(65)21-14-22(15-21)41(66)67)35(57-25)31(13-20-11-23(47)16-24(48)12-20)58-32(64)18-61-38-33(37(59-61)45(54,55)56)28-17-29(28)44(38,52)53/h5-8,11-12,16,21-22,28-29,31H,9-10,13-15,17-19H2,1-4H3,(H,58,64)(H,66,67)/t21?,22?,28-,29?,31-/m0/s1. The number of hydrogen-bond acceptors (Lipinski definition) is 10. The Morgan fingerprint density at radius 3 is 2.11 bits per heavy atom. The van der Waals surface area contributed by atoms with Crippen LogP contribution >= 0.6 is 11.6 Å². The van der Waals surface area contributed by atoms with E-state index in [1.807, 2.05) is 0 Å². The van der Waals surface area contributed by atoms with Crippen molar-refractivity contribution in [3.63, 3.8) is 0 Å². The number of amides is 2. The van der Waals surface area contributed by atoms with Crippen molar-refractivity contribution in [2.75, 3.05) is 16.8 Å². The van der Waals surface area contributed by atoms with Crippen molar-refractivity contribution >= 4 is 66.0 Å². The van der Waals surface area contributed by atoms with Crippen LogP contribution in [0.4, 0.5) is 49.7 Å². The Labute approximate surface area is 413 Å². The van der Waals surface area contributed by atoms with Crippen LogP contribution in [0.1, 0.15) is 85.4 Å². The van der Waals surface area contributed by atoms with Gasteiger partial charge in [-0.15, -0.1) is 0 Å². The predicted octanol–water partition coefficient (Wildman–Crippen LogP) is 8.28. The fraction of sp³-hybridized carbons (Fsp3) is 0.467. The topological polar surface area (TPSA) is 204 Å². The maximum atomic E-state index is 15.6. The molecule has 73 heavy (non-hydrogen) atoms. The van der Waals surface area contributed by atoms with E-state index < -0.39 is 160 Å². The average molecular weight is 1100 g/mol. The number of fused-ring (bicyclic) bond motifs is 4. The molecule has 28 heteroatoms. The minimum absolute atomic E-state index is 0.0439. The van der Waals surface area contributed by atoms with Crippen LogP contribution in [-0.2, 0) is 72.3 Å². The molecule has 2 fully saturated rings. The molecule has 0 saturated heterocycles. The number of halogens is 11. The van der Waals surface area contributed by atoms with E-state index in [0.717, 1.165) is 30.5 Å². The van der Waals surface area contributed by atoms with Crippen LogP contribution in [-0.4, -0.2) is 87.7 Å². The molecule has 1 unspecified atom stereocenters.